The van der Waals surface area contributed by atoms with Crippen molar-refractivity contribution in [2.75, 3.05) is 0 Å². The molecule has 0 saturated carbocycles. The topological polar surface area (TPSA) is 40.5 Å². The first-order chi connectivity index (χ1) is 37.2. The Hall–Kier alpha value is -4.67. The Balaban J connectivity index is 0.000000161. The molecule has 10 aromatic rings. The molecular weight excluding hydrogens is 1400 g/mol. The predicted molar refractivity (Wildman–Crippen MR) is 342 cm³/mol. The summed E-state index contributed by atoms with van der Waals surface area (Å²) in [4.78, 5) is 0. The van der Waals surface area contributed by atoms with Gasteiger partial charge in [0.25, 0.3) is 0 Å². The van der Waals surface area contributed by atoms with Crippen molar-refractivity contribution < 1.29 is 23.3 Å². The first kappa shape index (κ1) is 56.1. The summed E-state index contributed by atoms with van der Waals surface area (Å²) >= 11 is 12.7. The Morgan fingerprint density at radius 1 is 0.303 bits per heavy atom. The van der Waals surface area contributed by atoms with Gasteiger partial charge < -0.3 is 10.0 Å². The van der Waals surface area contributed by atoms with Crippen LogP contribution in [0.4, 0.5) is 0 Å². The molecule has 0 amide bonds. The van der Waals surface area contributed by atoms with E-state index < -0.39 is 7.12 Å². The van der Waals surface area contributed by atoms with Crippen molar-refractivity contribution in [2.45, 2.75) is 51.4 Å². The van der Waals surface area contributed by atoms with E-state index in [1.54, 1.807) is 12.1 Å². The van der Waals surface area contributed by atoms with Gasteiger partial charge in [-0.05, 0) is 169 Å². The minimum absolute atomic E-state index is 0.509. The number of aryl methyl sites for hydroxylation is 8. The van der Waals surface area contributed by atoms with Crippen LogP contribution in [0.25, 0.3) is 55.6 Å². The van der Waals surface area contributed by atoms with Gasteiger partial charge >= 0.3 is 57.6 Å². The summed E-state index contributed by atoms with van der Waals surface area (Å²) in [5, 5.41) is 17.9. The number of rotatable bonds is 6. The molecule has 380 valence electrons. The van der Waals surface area contributed by atoms with Crippen LogP contribution in [0.5, 0.6) is 0 Å². The van der Waals surface area contributed by atoms with Crippen LogP contribution >= 0.6 is 69.1 Å². The molecule has 0 aliphatic heterocycles. The zero-order valence-corrected chi connectivity index (χ0v) is 51.7. The fraction of sp³-hybridized carbons (Fsp3) is 0.118. The van der Waals surface area contributed by atoms with Crippen LogP contribution in [0.3, 0.4) is 0 Å². The van der Waals surface area contributed by atoms with Crippen molar-refractivity contribution in [3.8, 4) is 55.6 Å². The number of benzene rings is 10. The van der Waals surface area contributed by atoms with Crippen LogP contribution in [-0.4, -0.2) is 17.2 Å². The molecule has 8 heteroatoms. The van der Waals surface area contributed by atoms with Gasteiger partial charge in [-0.15, -0.1) is 0 Å². The van der Waals surface area contributed by atoms with Crippen molar-refractivity contribution in [3.05, 3.63) is 290 Å². The van der Waals surface area contributed by atoms with Gasteiger partial charge in [0.2, 0.25) is 0 Å². The standard InChI is InChI=1S/C40H32.C16H14Br2.C12H11BO2.I3/c1-3-7-31(8-4-1)33-17-21-37(22-18-33)39-27-29-11-12-30-14-16-36(26-25-35(39)15-13-29)40(28-30)38-23-19-34(20-24-38)32-9-5-2-6-10-32;17-15-9-11-1-2-12-4-6-14(16(18)10-12)8-7-13(15)5-3-11;14-13(15)12-8-6-11(7-9-12)10-4-2-1-3-5-10;1-3-2/h1-10,13-24,27-28H,11-12,25-26H2;3-6,9-10H,1-2,7-8H2;1-9,14-15H;/q;;;-1. The molecule has 2 N–H and O–H groups in total. The quantitative estimate of drug-likeness (QED) is 0.129. The van der Waals surface area contributed by atoms with E-state index in [0.717, 1.165) is 62.5 Å². The maximum Gasteiger partial charge on any atom is 0.488 e. The fourth-order valence-electron chi connectivity index (χ4n) is 9.97. The van der Waals surface area contributed by atoms with Crippen LogP contribution in [0.15, 0.2) is 246 Å². The Labute approximate surface area is 496 Å². The molecule has 0 atom stereocenters. The Morgan fingerprint density at radius 3 is 0.882 bits per heavy atom. The number of halogens is 5. The zero-order valence-electron chi connectivity index (χ0n) is 42.0. The van der Waals surface area contributed by atoms with Crippen molar-refractivity contribution in [2.24, 2.45) is 0 Å². The van der Waals surface area contributed by atoms with E-state index >= 15 is 0 Å². The van der Waals surface area contributed by atoms with E-state index in [9.17, 15) is 0 Å². The van der Waals surface area contributed by atoms with E-state index in [0.29, 0.717) is 18.7 Å². The third kappa shape index (κ3) is 15.3. The Morgan fingerprint density at radius 2 is 0.566 bits per heavy atom. The number of hydrogen-bond acceptors (Lipinski definition) is 2. The second-order valence-electron chi connectivity index (χ2n) is 19.1. The molecule has 8 bridgehead atoms. The molecule has 0 aromatic heterocycles. The smallest absolute Gasteiger partial charge is 0.423 e. The Bertz CT molecular complexity index is 3260. The number of hydrogen-bond donors (Lipinski definition) is 2. The molecule has 0 unspecified atom stereocenters. The maximum absolute atomic E-state index is 8.94. The largest absolute Gasteiger partial charge is 0.488 e. The van der Waals surface area contributed by atoms with Crippen molar-refractivity contribution in [1.82, 2.24) is 0 Å². The molecule has 0 heterocycles. The molecule has 76 heavy (non-hydrogen) atoms. The molecule has 0 saturated heterocycles. The molecular formula is C68H57BBr2I3O2-. The van der Waals surface area contributed by atoms with Gasteiger partial charge in [-0.2, -0.15) is 0 Å². The summed E-state index contributed by atoms with van der Waals surface area (Å²) in [6.07, 6.45) is 8.49. The molecule has 10 aromatic carbocycles. The van der Waals surface area contributed by atoms with Gasteiger partial charge in [0, 0.05) is 8.95 Å². The van der Waals surface area contributed by atoms with Crippen LogP contribution < -0.4 is 18.7 Å². The molecule has 18 rings (SSSR count). The van der Waals surface area contributed by atoms with Gasteiger partial charge in [-0.1, -0.05) is 256 Å². The minimum Gasteiger partial charge on any atom is -0.423 e. The van der Waals surface area contributed by atoms with Gasteiger partial charge in [0.1, 0.15) is 0 Å². The maximum atomic E-state index is 8.94. The molecule has 2 nitrogen and oxygen atoms in total. The third-order valence-electron chi connectivity index (χ3n) is 14.2. The molecule has 0 spiro atoms. The molecule has 8 aliphatic carbocycles. The SMILES string of the molecule is Brc1cc2ccc1CCc1ccc(cc1Br)CC2.I[I-]I.OB(O)c1ccc(-c2ccccc2)cc1.c1ccc(-c2ccc(-c3cc4ccc3CCc3ccc(cc3-c3ccc(-c5ccccc5)cc3)CC4)cc2)cc1. The second-order valence-corrected chi connectivity index (χ2v) is 37.1. The summed E-state index contributed by atoms with van der Waals surface area (Å²) in [5.74, 6) is 0. The minimum atomic E-state index is -1.39. The van der Waals surface area contributed by atoms with Crippen LogP contribution in [0.1, 0.15) is 44.5 Å². The summed E-state index contributed by atoms with van der Waals surface area (Å²) in [7, 11) is -1.39. The fourth-order valence-corrected chi connectivity index (χ4v) is 11.2. The predicted octanol–water partition coefficient (Wildman–Crippen LogP) is 15.1. The zero-order chi connectivity index (χ0) is 52.6. The summed E-state index contributed by atoms with van der Waals surface area (Å²) in [6.45, 7) is 0. The first-order valence-corrected chi connectivity index (χ1v) is 39.9. The molecule has 0 fully saturated rings. The average Bonchev–Trinajstić information content (AvgIpc) is 3.47. The van der Waals surface area contributed by atoms with Crippen molar-refractivity contribution in [1.29, 1.82) is 0 Å². The van der Waals surface area contributed by atoms with E-state index in [2.05, 4.69) is 251 Å². The first-order valence-electron chi connectivity index (χ1n) is 25.7. The van der Waals surface area contributed by atoms with Crippen molar-refractivity contribution >= 4 is 81.7 Å². The van der Waals surface area contributed by atoms with Gasteiger partial charge in [-0.3, -0.25) is 0 Å². The average molecular weight is 1460 g/mol. The van der Waals surface area contributed by atoms with Crippen LogP contribution in [0.2, 0.25) is 0 Å². The Kier molecular flexibility index (Phi) is 20.9. The van der Waals surface area contributed by atoms with Crippen LogP contribution in [-0.2, 0) is 51.4 Å². The van der Waals surface area contributed by atoms with Crippen molar-refractivity contribution in [3.63, 3.8) is 0 Å². The molecule has 8 aliphatic rings. The molecule has 0 radical (unpaired) electrons. The van der Waals surface area contributed by atoms with Crippen LogP contribution in [0, 0.1) is 0 Å². The normalized spacial score (nSPS) is 12.3. The monoisotopic (exact) mass is 1450 g/mol. The van der Waals surface area contributed by atoms with Gasteiger partial charge in [0.05, 0.1) is 0 Å². The summed E-state index contributed by atoms with van der Waals surface area (Å²) in [6, 6.07) is 84.6. The van der Waals surface area contributed by atoms with Gasteiger partial charge in [-0.25, -0.2) is 0 Å². The third-order valence-corrected chi connectivity index (χ3v) is 15.7. The van der Waals surface area contributed by atoms with E-state index in [-0.39, 0.29) is 0 Å². The van der Waals surface area contributed by atoms with E-state index in [1.807, 2.05) is 42.5 Å². The second kappa shape index (κ2) is 28.3. The van der Waals surface area contributed by atoms with Gasteiger partial charge in [0.15, 0.2) is 0 Å². The van der Waals surface area contributed by atoms with E-state index in [1.165, 1.54) is 98.0 Å². The van der Waals surface area contributed by atoms with E-state index in [4.69, 9.17) is 10.0 Å². The summed E-state index contributed by atoms with van der Waals surface area (Å²) < 4.78 is 2.51. The summed E-state index contributed by atoms with van der Waals surface area (Å²) in [5.41, 5.74) is 24.4.